The van der Waals surface area contributed by atoms with E-state index in [0.717, 1.165) is 29.5 Å². The summed E-state index contributed by atoms with van der Waals surface area (Å²) in [6.45, 7) is 23.1. The molecule has 5 rings (SSSR count). The maximum atomic E-state index is 14.5. The van der Waals surface area contributed by atoms with Crippen LogP contribution in [0.4, 0.5) is 0 Å². The van der Waals surface area contributed by atoms with E-state index < -0.39 is 41.1 Å². The van der Waals surface area contributed by atoms with Crippen LogP contribution in [0.2, 0.25) is 0 Å². The number of amides is 7. The molecule has 2 heterocycles. The topological polar surface area (TPSA) is 222 Å². The van der Waals surface area contributed by atoms with E-state index in [1.807, 2.05) is 105 Å². The molecule has 83 heavy (non-hydrogen) atoms. The lowest BCUT2D eigenvalue weighted by molar-refractivity contribution is -0.152. The molecule has 2 aromatic rings. The number of rotatable bonds is 32. The van der Waals surface area contributed by atoms with E-state index in [1.165, 1.54) is 4.90 Å². The first kappa shape index (κ1) is 67.8. The number of nitrogens with one attached hydrogen (secondary N) is 4. The average Bonchev–Trinajstić information content (AvgIpc) is 2.96. The van der Waals surface area contributed by atoms with Gasteiger partial charge in [-0.1, -0.05) is 148 Å². The zero-order chi connectivity index (χ0) is 61.3. The van der Waals surface area contributed by atoms with Crippen LogP contribution in [-0.2, 0) is 59.2 Å². The van der Waals surface area contributed by atoms with Crippen molar-refractivity contribution in [2.75, 3.05) is 40.9 Å². The quantitative estimate of drug-likeness (QED) is 0.0180. The van der Waals surface area contributed by atoms with Gasteiger partial charge in [-0.2, -0.15) is 0 Å². The Morgan fingerprint density at radius 1 is 0.819 bits per heavy atom. The molecule has 2 saturated heterocycles. The zero-order valence-corrected chi connectivity index (χ0v) is 52.2. The fraction of sp³-hybridized carbons (Fsp3) is 0.662. The van der Waals surface area contributed by atoms with Crippen LogP contribution in [0, 0.1) is 40.9 Å². The largest absolute Gasteiger partial charge is 0.459 e. The van der Waals surface area contributed by atoms with Gasteiger partial charge in [0.2, 0.25) is 41.4 Å². The lowest BCUT2D eigenvalue weighted by atomic mass is 9.82. The molecule has 11 atom stereocenters. The Morgan fingerprint density at radius 2 is 1.45 bits per heavy atom. The molecule has 460 valence electrons. The molecule has 1 saturated carbocycles. The number of ether oxygens (including phenoxy) is 3. The standard InChI is InChI=1S/C65H99N7O11/c1-15-48(37-43(6)57(41(2)3)66-61(78)58(42(4)5)70(12)34-26-33-53(74)69-68-52(73)32-23-18-24-35-72-55(76)39-64(10,11)62(72)79)44(7)51(81-13)38-54(75)71-36-25-31-50(71)59(82-14)45(8)60(77)67-65(46(9)56(65)49-29-21-17-22-30-49)63(80)83-40-47-27-19-16-20-28-47/h16-17,19-22,27-30,37,41-42,44-46,48,50-51,56-59H,15,18,23-26,31-36,38-40H2,1-14H3,(H,66,78)(H,67,77)(H,68,73)(H,69,74)/b43-37+/t44?,45?,46?,48?,50?,51?,56?,57-,58?,59?,65?/m0/s1. The average molecular weight is 1150 g/mol. The molecule has 0 spiro atoms. The Morgan fingerprint density at radius 3 is 2.01 bits per heavy atom. The highest BCUT2D eigenvalue weighted by atomic mass is 16.5. The number of hydrazine groups is 1. The van der Waals surface area contributed by atoms with Crippen LogP contribution in [0.1, 0.15) is 164 Å². The van der Waals surface area contributed by atoms with Gasteiger partial charge in [0.1, 0.15) is 12.1 Å². The molecular formula is C65H99N7O11. The van der Waals surface area contributed by atoms with Crippen molar-refractivity contribution < 1.29 is 52.6 Å². The van der Waals surface area contributed by atoms with Crippen LogP contribution in [0.25, 0.3) is 0 Å². The summed E-state index contributed by atoms with van der Waals surface area (Å²) < 4.78 is 18.2. The molecule has 18 heteroatoms. The van der Waals surface area contributed by atoms with E-state index in [1.54, 1.807) is 35.0 Å². The molecule has 3 fully saturated rings. The summed E-state index contributed by atoms with van der Waals surface area (Å²) in [5, 5.41) is 6.52. The Balaban J connectivity index is 1.13. The second-order valence-corrected chi connectivity index (χ2v) is 25.0. The van der Waals surface area contributed by atoms with Gasteiger partial charge in [-0.15, -0.1) is 0 Å². The Labute approximate surface area is 494 Å². The van der Waals surface area contributed by atoms with Crippen molar-refractivity contribution >= 4 is 47.3 Å². The van der Waals surface area contributed by atoms with Crippen LogP contribution in [0.5, 0.6) is 0 Å². The van der Waals surface area contributed by atoms with Gasteiger partial charge in [0.05, 0.1) is 48.1 Å². The number of hydrogen-bond donors (Lipinski definition) is 4. The van der Waals surface area contributed by atoms with Gasteiger partial charge in [-0.05, 0) is 93.8 Å². The smallest absolute Gasteiger partial charge is 0.333 e. The number of methoxy groups -OCH3 is 2. The van der Waals surface area contributed by atoms with Crippen molar-refractivity contribution in [1.82, 2.24) is 36.2 Å². The molecule has 0 bridgehead atoms. The number of carbonyl (C=O) groups excluding carboxylic acids is 8. The second kappa shape index (κ2) is 31.2. The summed E-state index contributed by atoms with van der Waals surface area (Å²) in [4.78, 5) is 112. The van der Waals surface area contributed by atoms with Crippen LogP contribution in [0.3, 0.4) is 0 Å². The van der Waals surface area contributed by atoms with Gasteiger partial charge in [0.15, 0.2) is 0 Å². The third kappa shape index (κ3) is 17.6. The van der Waals surface area contributed by atoms with E-state index in [0.29, 0.717) is 51.7 Å². The number of carbonyl (C=O) groups is 8. The van der Waals surface area contributed by atoms with Crippen LogP contribution >= 0.6 is 0 Å². The number of likely N-dealkylation sites (N-methyl/N-ethyl adjacent to an activating group) is 1. The van der Waals surface area contributed by atoms with Crippen LogP contribution in [0.15, 0.2) is 72.3 Å². The third-order valence-electron chi connectivity index (χ3n) is 17.8. The van der Waals surface area contributed by atoms with Crippen molar-refractivity contribution in [3.63, 3.8) is 0 Å². The van der Waals surface area contributed by atoms with E-state index >= 15 is 0 Å². The number of unbranched alkanes of at least 4 members (excludes halogenated alkanes) is 2. The van der Waals surface area contributed by atoms with E-state index in [-0.39, 0.29) is 121 Å². The second-order valence-electron chi connectivity index (χ2n) is 25.0. The summed E-state index contributed by atoms with van der Waals surface area (Å²) in [6, 6.07) is 18.0. The van der Waals surface area contributed by atoms with Crippen LogP contribution in [-0.4, -0.2) is 139 Å². The van der Waals surface area contributed by atoms with Crippen molar-refractivity contribution in [2.45, 2.75) is 195 Å². The summed E-state index contributed by atoms with van der Waals surface area (Å²) >= 11 is 0. The molecule has 7 amide bonds. The highest BCUT2D eigenvalue weighted by Gasteiger charge is 2.70. The van der Waals surface area contributed by atoms with Crippen LogP contribution < -0.4 is 21.5 Å². The number of allylic oxidation sites excluding steroid dienone is 1. The number of nitrogens with zero attached hydrogens (tertiary/aromatic N) is 3. The Hall–Kier alpha value is -5.98. The Kier molecular flexibility index (Phi) is 25.5. The fourth-order valence-corrected chi connectivity index (χ4v) is 12.8. The van der Waals surface area contributed by atoms with Gasteiger partial charge in [-0.25, -0.2) is 4.79 Å². The third-order valence-corrected chi connectivity index (χ3v) is 17.8. The Bertz CT molecular complexity index is 2540. The first-order valence-electron chi connectivity index (χ1n) is 30.4. The minimum absolute atomic E-state index is 0.00483. The lowest BCUT2D eigenvalue weighted by Crippen LogP contribution is -2.54. The molecule has 1 aliphatic carbocycles. The normalized spacial score (nSPS) is 22.2. The first-order chi connectivity index (χ1) is 39.3. The van der Waals surface area contributed by atoms with Gasteiger partial charge < -0.3 is 29.7 Å². The van der Waals surface area contributed by atoms with Crippen molar-refractivity contribution in [3.8, 4) is 0 Å². The van der Waals surface area contributed by atoms with Gasteiger partial charge >= 0.3 is 5.97 Å². The number of imide groups is 1. The molecule has 0 radical (unpaired) electrons. The van der Waals surface area contributed by atoms with Gasteiger partial charge in [0, 0.05) is 58.4 Å². The minimum Gasteiger partial charge on any atom is -0.459 e. The maximum Gasteiger partial charge on any atom is 0.333 e. The summed E-state index contributed by atoms with van der Waals surface area (Å²) in [5.41, 5.74) is 5.81. The molecule has 18 nitrogen and oxygen atoms in total. The van der Waals surface area contributed by atoms with E-state index in [9.17, 15) is 38.4 Å². The number of likely N-dealkylation sites (tertiary alicyclic amines) is 2. The fourth-order valence-electron chi connectivity index (χ4n) is 12.8. The maximum absolute atomic E-state index is 14.5. The van der Waals surface area contributed by atoms with E-state index in [2.05, 4.69) is 55.3 Å². The predicted molar refractivity (Wildman–Crippen MR) is 319 cm³/mol. The van der Waals surface area contributed by atoms with Gasteiger partial charge in [0.25, 0.3) is 0 Å². The molecular weight excluding hydrogens is 1050 g/mol. The SMILES string of the molecule is CCC(/C=C(\C)[C@@H](NC(=O)C(C(C)C)N(C)CCCC(=O)NNC(=O)CCCCCN1C(=O)CC(C)(C)C1=O)C(C)C)C(C)C(CC(=O)N1CCCC1C(OC)C(C)C(=O)NC1(C(=O)OCc2ccccc2)C(C)C1c1ccccc1)OC. The molecule has 10 unspecified atom stereocenters. The highest BCUT2D eigenvalue weighted by Crippen LogP contribution is 2.58. The van der Waals surface area contributed by atoms with Gasteiger partial charge in [-0.3, -0.25) is 54.2 Å². The number of hydrogen-bond acceptors (Lipinski definition) is 12. The number of benzene rings is 2. The highest BCUT2D eigenvalue weighted by molar-refractivity contribution is 6.05. The number of esters is 1. The molecule has 2 aliphatic heterocycles. The predicted octanol–water partition coefficient (Wildman–Crippen LogP) is 8.04. The minimum atomic E-state index is -1.27. The van der Waals surface area contributed by atoms with Crippen molar-refractivity contribution in [3.05, 3.63) is 83.4 Å². The molecule has 4 N–H and O–H groups in total. The molecule has 3 aliphatic rings. The lowest BCUT2D eigenvalue weighted by Gasteiger charge is -2.36. The van der Waals surface area contributed by atoms with Crippen molar-refractivity contribution in [1.29, 1.82) is 0 Å². The molecule has 0 aromatic heterocycles. The monoisotopic (exact) mass is 1150 g/mol. The van der Waals surface area contributed by atoms with E-state index in [4.69, 9.17) is 14.2 Å². The first-order valence-corrected chi connectivity index (χ1v) is 30.4. The zero-order valence-electron chi connectivity index (χ0n) is 52.2. The summed E-state index contributed by atoms with van der Waals surface area (Å²) in [7, 11) is 5.08. The van der Waals surface area contributed by atoms with Crippen molar-refractivity contribution in [2.24, 2.45) is 40.9 Å². The summed E-state index contributed by atoms with van der Waals surface area (Å²) in [5.74, 6) is -3.33. The summed E-state index contributed by atoms with van der Waals surface area (Å²) in [6.07, 6.45) is 6.22. The molecule has 2 aromatic carbocycles.